The van der Waals surface area contributed by atoms with Crippen molar-refractivity contribution in [2.45, 2.75) is 79.1 Å². The van der Waals surface area contributed by atoms with Crippen molar-refractivity contribution in [3.8, 4) is 0 Å². The monoisotopic (exact) mass is 530 g/mol. The molecule has 0 aliphatic carbocycles. The number of rotatable bonds is 13. The minimum atomic E-state index is -0.769. The number of benzene rings is 1. The van der Waals surface area contributed by atoms with Gasteiger partial charge in [0.1, 0.15) is 0 Å². The van der Waals surface area contributed by atoms with E-state index in [0.717, 1.165) is 18.4 Å². The molecule has 1 heterocycles. The summed E-state index contributed by atoms with van der Waals surface area (Å²) in [6.07, 6.45) is 6.70. The number of hydrogen-bond donors (Lipinski definition) is 3. The molecular weight excluding hydrogens is 484 g/mol. The fraction of sp³-hybridized carbons (Fsp3) is 0.621. The standard InChI is InChI=1S/C29H46N4O5/c1-20(2)18-25(27(34)31-33(19-21(3)4)29(36)22(5)30)24(15-11-14-23-12-7-6-8-13-23)28(35)32-38-26-16-9-10-17-37-26/h6-8,11-14,20-22,24-26H,9-10,15-19,30H2,1-5H3,(H,31,34)(H,32,35)/b14-11+/t22-,24+,25-,26?/m1/s1. The van der Waals surface area contributed by atoms with Gasteiger partial charge in [0, 0.05) is 19.6 Å². The number of amides is 3. The Morgan fingerprint density at radius 2 is 1.76 bits per heavy atom. The van der Waals surface area contributed by atoms with E-state index in [1.165, 1.54) is 5.01 Å². The summed E-state index contributed by atoms with van der Waals surface area (Å²) in [5, 5.41) is 1.28. The quantitative estimate of drug-likeness (QED) is 0.333. The predicted molar refractivity (Wildman–Crippen MR) is 148 cm³/mol. The zero-order valence-electron chi connectivity index (χ0n) is 23.5. The molecular formula is C29H46N4O5. The Bertz CT molecular complexity index is 897. The number of nitrogens with zero attached hydrogens (tertiary/aromatic N) is 1. The van der Waals surface area contributed by atoms with E-state index in [0.29, 0.717) is 32.4 Å². The van der Waals surface area contributed by atoms with Crippen LogP contribution in [-0.2, 0) is 24.0 Å². The van der Waals surface area contributed by atoms with Crippen LogP contribution in [0.2, 0.25) is 0 Å². The van der Waals surface area contributed by atoms with Crippen LogP contribution in [0, 0.1) is 23.7 Å². The number of carbonyl (C=O) groups is 3. The Morgan fingerprint density at radius 3 is 2.34 bits per heavy atom. The SMILES string of the molecule is CC(C)C[C@@H](C(=O)NN(CC(C)C)C(=O)[C@@H](C)N)[C@H](C/C=C/c1ccccc1)C(=O)NOC1CCCCO1. The molecule has 0 aromatic heterocycles. The molecule has 1 aliphatic rings. The molecule has 1 saturated heterocycles. The maximum absolute atomic E-state index is 13.7. The van der Waals surface area contributed by atoms with Crippen LogP contribution in [-0.4, -0.2) is 48.2 Å². The van der Waals surface area contributed by atoms with E-state index in [4.69, 9.17) is 15.3 Å². The van der Waals surface area contributed by atoms with Gasteiger partial charge in [-0.25, -0.2) is 10.3 Å². The second kappa shape index (κ2) is 16.3. The van der Waals surface area contributed by atoms with Gasteiger partial charge in [0.25, 0.3) is 5.91 Å². The zero-order chi connectivity index (χ0) is 28.1. The van der Waals surface area contributed by atoms with Gasteiger partial charge in [0.05, 0.1) is 17.9 Å². The zero-order valence-corrected chi connectivity index (χ0v) is 23.5. The number of hydrazine groups is 1. The van der Waals surface area contributed by atoms with E-state index in [1.54, 1.807) is 6.92 Å². The van der Waals surface area contributed by atoms with E-state index in [2.05, 4.69) is 10.9 Å². The third kappa shape index (κ3) is 10.9. The van der Waals surface area contributed by atoms with E-state index in [-0.39, 0.29) is 17.7 Å². The summed E-state index contributed by atoms with van der Waals surface area (Å²) in [4.78, 5) is 45.4. The highest BCUT2D eigenvalue weighted by atomic mass is 16.8. The number of ether oxygens (including phenoxy) is 1. The van der Waals surface area contributed by atoms with Crippen LogP contribution in [0.15, 0.2) is 36.4 Å². The Balaban J connectivity index is 2.28. The van der Waals surface area contributed by atoms with Crippen LogP contribution in [0.25, 0.3) is 6.08 Å². The molecule has 1 fully saturated rings. The predicted octanol–water partition coefficient (Wildman–Crippen LogP) is 3.81. The fourth-order valence-corrected chi connectivity index (χ4v) is 4.35. The number of hydroxylamine groups is 1. The smallest absolute Gasteiger partial charge is 0.257 e. The topological polar surface area (TPSA) is 123 Å². The normalized spacial score (nSPS) is 18.3. The summed E-state index contributed by atoms with van der Waals surface area (Å²) in [5.41, 5.74) is 12.2. The second-order valence-electron chi connectivity index (χ2n) is 10.9. The van der Waals surface area contributed by atoms with Crippen LogP contribution >= 0.6 is 0 Å². The molecule has 3 amide bonds. The van der Waals surface area contributed by atoms with Crippen molar-refractivity contribution in [3.05, 3.63) is 42.0 Å². The first kappa shape index (κ1) is 31.5. The number of allylic oxidation sites excluding steroid dienone is 1. The summed E-state index contributed by atoms with van der Waals surface area (Å²) >= 11 is 0. The molecule has 1 aromatic rings. The molecule has 2 rings (SSSR count). The summed E-state index contributed by atoms with van der Waals surface area (Å²) in [6.45, 7) is 10.4. The highest BCUT2D eigenvalue weighted by Gasteiger charge is 2.36. The Hall–Kier alpha value is -2.75. The molecule has 4 N–H and O–H groups in total. The van der Waals surface area contributed by atoms with E-state index in [9.17, 15) is 14.4 Å². The minimum Gasteiger partial charge on any atom is -0.350 e. The van der Waals surface area contributed by atoms with Crippen molar-refractivity contribution in [1.82, 2.24) is 15.9 Å². The summed E-state index contributed by atoms with van der Waals surface area (Å²) in [7, 11) is 0. The van der Waals surface area contributed by atoms with Gasteiger partial charge in [-0.3, -0.25) is 24.8 Å². The number of carbonyl (C=O) groups excluding carboxylic acids is 3. The molecule has 4 atom stereocenters. The number of hydrogen-bond acceptors (Lipinski definition) is 6. The highest BCUT2D eigenvalue weighted by Crippen LogP contribution is 2.26. The van der Waals surface area contributed by atoms with Gasteiger partial charge in [-0.15, -0.1) is 0 Å². The molecule has 0 bridgehead atoms. The van der Waals surface area contributed by atoms with E-state index < -0.39 is 36.0 Å². The van der Waals surface area contributed by atoms with Crippen LogP contribution < -0.4 is 16.6 Å². The molecule has 0 spiro atoms. The number of nitrogens with two attached hydrogens (primary N) is 1. The minimum absolute atomic E-state index is 0.110. The first-order chi connectivity index (χ1) is 18.1. The Kier molecular flexibility index (Phi) is 13.5. The van der Waals surface area contributed by atoms with Crippen molar-refractivity contribution >= 4 is 23.8 Å². The maximum atomic E-state index is 13.7. The molecule has 0 radical (unpaired) electrons. The maximum Gasteiger partial charge on any atom is 0.257 e. The van der Waals surface area contributed by atoms with Gasteiger partial charge in [0.2, 0.25) is 11.8 Å². The second-order valence-corrected chi connectivity index (χ2v) is 10.9. The van der Waals surface area contributed by atoms with E-state index in [1.807, 2.05) is 70.2 Å². The van der Waals surface area contributed by atoms with Crippen LogP contribution in [0.5, 0.6) is 0 Å². The van der Waals surface area contributed by atoms with Gasteiger partial charge in [-0.2, -0.15) is 0 Å². The lowest BCUT2D eigenvalue weighted by molar-refractivity contribution is -0.203. The van der Waals surface area contributed by atoms with Gasteiger partial charge in [-0.1, -0.05) is 70.2 Å². The average molecular weight is 531 g/mol. The number of nitrogens with one attached hydrogen (secondary N) is 2. The summed E-state index contributed by atoms with van der Waals surface area (Å²) < 4.78 is 5.57. The van der Waals surface area contributed by atoms with Crippen molar-refractivity contribution in [2.75, 3.05) is 13.2 Å². The van der Waals surface area contributed by atoms with Gasteiger partial charge >= 0.3 is 0 Å². The first-order valence-corrected chi connectivity index (χ1v) is 13.7. The molecule has 1 aliphatic heterocycles. The van der Waals surface area contributed by atoms with Gasteiger partial charge in [-0.05, 0) is 50.0 Å². The molecule has 1 unspecified atom stereocenters. The average Bonchev–Trinajstić information content (AvgIpc) is 2.88. The third-order valence-corrected chi connectivity index (χ3v) is 6.26. The molecule has 9 heteroatoms. The lowest BCUT2D eigenvalue weighted by atomic mass is 9.82. The molecule has 0 saturated carbocycles. The van der Waals surface area contributed by atoms with Crippen molar-refractivity contribution in [3.63, 3.8) is 0 Å². The van der Waals surface area contributed by atoms with Crippen LogP contribution in [0.1, 0.15) is 72.3 Å². The molecule has 38 heavy (non-hydrogen) atoms. The summed E-state index contributed by atoms with van der Waals surface area (Å²) in [6, 6.07) is 8.99. The first-order valence-electron chi connectivity index (χ1n) is 13.7. The largest absolute Gasteiger partial charge is 0.350 e. The summed E-state index contributed by atoms with van der Waals surface area (Å²) in [5.74, 6) is -2.36. The lowest BCUT2D eigenvalue weighted by Gasteiger charge is -2.32. The van der Waals surface area contributed by atoms with Crippen LogP contribution in [0.4, 0.5) is 0 Å². The lowest BCUT2D eigenvalue weighted by Crippen LogP contribution is -2.55. The van der Waals surface area contributed by atoms with Crippen molar-refractivity contribution in [2.24, 2.45) is 29.4 Å². The fourth-order valence-electron chi connectivity index (χ4n) is 4.35. The van der Waals surface area contributed by atoms with Crippen LogP contribution in [0.3, 0.4) is 0 Å². The molecule has 9 nitrogen and oxygen atoms in total. The van der Waals surface area contributed by atoms with Gasteiger partial charge < -0.3 is 10.5 Å². The van der Waals surface area contributed by atoms with Gasteiger partial charge in [0.15, 0.2) is 6.29 Å². The van der Waals surface area contributed by atoms with Crippen molar-refractivity contribution in [1.29, 1.82) is 0 Å². The highest BCUT2D eigenvalue weighted by molar-refractivity contribution is 5.89. The molecule has 1 aromatic carbocycles. The third-order valence-electron chi connectivity index (χ3n) is 6.26. The van der Waals surface area contributed by atoms with Crippen molar-refractivity contribution < 1.29 is 24.0 Å². The molecule has 212 valence electrons. The Morgan fingerprint density at radius 1 is 1.05 bits per heavy atom. The Labute approximate surface area is 227 Å². The van der Waals surface area contributed by atoms with E-state index >= 15 is 0 Å².